The molecule has 12 heavy (non-hydrogen) atoms. The number of hydrogen-bond donors (Lipinski definition) is 0. The molecule has 0 aromatic heterocycles. The largest absolute Gasteiger partial charge is 0.662 e. The molecule has 0 saturated carbocycles. The lowest BCUT2D eigenvalue weighted by atomic mass is 10.1. The van der Waals surface area contributed by atoms with Gasteiger partial charge in [0.05, 0.1) is 0 Å². The van der Waals surface area contributed by atoms with Crippen LogP contribution >= 0.6 is 0 Å². The van der Waals surface area contributed by atoms with Crippen molar-refractivity contribution in [1.29, 1.82) is 0 Å². The zero-order chi connectivity index (χ0) is 8.81. The van der Waals surface area contributed by atoms with E-state index < -0.39 is 0 Å². The van der Waals surface area contributed by atoms with E-state index in [9.17, 15) is 0 Å². The van der Waals surface area contributed by atoms with Crippen LogP contribution < -0.4 is 0 Å². The third-order valence-electron chi connectivity index (χ3n) is 2.13. The summed E-state index contributed by atoms with van der Waals surface area (Å²) >= 11 is 0. The summed E-state index contributed by atoms with van der Waals surface area (Å²) in [6.07, 6.45) is 2.29. The lowest BCUT2D eigenvalue weighted by Crippen LogP contribution is -2.00. The first-order valence-corrected chi connectivity index (χ1v) is 4.46. The molecule has 0 aliphatic rings. The molecule has 0 aliphatic carbocycles. The molecule has 1 aromatic rings. The number of aryl methyl sites for hydroxylation is 1. The average Bonchev–Trinajstić information content (AvgIpc) is 2.16. The molecule has 0 heterocycles. The number of hydrogen-bond acceptors (Lipinski definition) is 0. The van der Waals surface area contributed by atoms with Crippen LogP contribution in [0.2, 0.25) is 0 Å². The molecular formula is C11H16N-. The number of nitrogens with zero attached hydrogens (tertiary/aromatic N) is 1. The first kappa shape index (κ1) is 9.27. The Morgan fingerprint density at radius 1 is 1.25 bits per heavy atom. The van der Waals surface area contributed by atoms with Crippen molar-refractivity contribution in [2.45, 2.75) is 25.8 Å². The van der Waals surface area contributed by atoms with Crippen molar-refractivity contribution < 1.29 is 0 Å². The molecule has 0 spiro atoms. The average molecular weight is 162 g/mol. The Bertz CT molecular complexity index is 206. The smallest absolute Gasteiger partial charge is 0.0293 e. The van der Waals surface area contributed by atoms with Crippen LogP contribution in [0.15, 0.2) is 30.3 Å². The van der Waals surface area contributed by atoms with E-state index in [1.165, 1.54) is 5.56 Å². The summed E-state index contributed by atoms with van der Waals surface area (Å²) < 4.78 is 0. The van der Waals surface area contributed by atoms with Crippen molar-refractivity contribution in [2.24, 2.45) is 0 Å². The summed E-state index contributed by atoms with van der Waals surface area (Å²) in [5.41, 5.74) is 1.41. The van der Waals surface area contributed by atoms with Gasteiger partial charge in [-0.25, -0.2) is 0 Å². The van der Waals surface area contributed by atoms with Gasteiger partial charge < -0.3 is 5.32 Å². The predicted molar refractivity (Wildman–Crippen MR) is 53.5 cm³/mol. The minimum atomic E-state index is 0.491. The molecule has 66 valence electrons. The molecule has 0 N–H and O–H groups in total. The first-order chi connectivity index (χ1) is 5.83. The summed E-state index contributed by atoms with van der Waals surface area (Å²) in [6.45, 7) is 2.16. The maximum absolute atomic E-state index is 4.20. The van der Waals surface area contributed by atoms with Gasteiger partial charge in [0.1, 0.15) is 0 Å². The van der Waals surface area contributed by atoms with E-state index in [1.807, 2.05) is 7.05 Å². The van der Waals surface area contributed by atoms with Crippen molar-refractivity contribution in [3.05, 3.63) is 41.2 Å². The summed E-state index contributed by atoms with van der Waals surface area (Å²) in [6, 6.07) is 11.1. The molecule has 1 heteroatoms. The summed E-state index contributed by atoms with van der Waals surface area (Å²) in [5, 5.41) is 4.20. The zero-order valence-electron chi connectivity index (χ0n) is 7.83. The number of benzene rings is 1. The highest BCUT2D eigenvalue weighted by molar-refractivity contribution is 5.15. The van der Waals surface area contributed by atoms with E-state index in [0.29, 0.717) is 6.04 Å². The van der Waals surface area contributed by atoms with Gasteiger partial charge in [-0.05, 0) is 12.0 Å². The summed E-state index contributed by atoms with van der Waals surface area (Å²) in [7, 11) is 1.88. The van der Waals surface area contributed by atoms with Gasteiger partial charge in [-0.1, -0.05) is 43.7 Å². The van der Waals surface area contributed by atoms with Crippen molar-refractivity contribution >= 4 is 0 Å². The predicted octanol–water partition coefficient (Wildman–Crippen LogP) is 3.01. The van der Waals surface area contributed by atoms with Gasteiger partial charge in [-0.2, -0.15) is 7.05 Å². The molecule has 0 amide bonds. The van der Waals surface area contributed by atoms with Gasteiger partial charge in [-0.3, -0.25) is 0 Å². The molecule has 0 fully saturated rings. The third-order valence-corrected chi connectivity index (χ3v) is 2.13. The third kappa shape index (κ3) is 3.05. The van der Waals surface area contributed by atoms with Gasteiger partial charge in [-0.15, -0.1) is 6.04 Å². The quantitative estimate of drug-likeness (QED) is 0.646. The molecule has 1 unspecified atom stereocenters. The Labute approximate surface area is 74.8 Å². The molecule has 0 radical (unpaired) electrons. The standard InChI is InChI=1S/C11H16N/c1-10(12-2)8-9-11-6-4-3-5-7-11/h3-7,10H,8-9H2,1-2H3/q-1. The van der Waals surface area contributed by atoms with Crippen LogP contribution in [-0.2, 0) is 6.42 Å². The Morgan fingerprint density at radius 2 is 1.92 bits per heavy atom. The molecule has 1 nitrogen and oxygen atoms in total. The lowest BCUT2D eigenvalue weighted by molar-refractivity contribution is 0.723. The Morgan fingerprint density at radius 3 is 2.50 bits per heavy atom. The monoisotopic (exact) mass is 162 g/mol. The van der Waals surface area contributed by atoms with Crippen molar-refractivity contribution in [2.75, 3.05) is 7.05 Å². The van der Waals surface area contributed by atoms with E-state index >= 15 is 0 Å². The molecule has 0 bridgehead atoms. The fraction of sp³-hybridized carbons (Fsp3) is 0.455. The van der Waals surface area contributed by atoms with Crippen molar-refractivity contribution in [1.82, 2.24) is 0 Å². The van der Waals surface area contributed by atoms with Gasteiger partial charge in [0.25, 0.3) is 0 Å². The topological polar surface area (TPSA) is 14.1 Å². The van der Waals surface area contributed by atoms with E-state index in [1.54, 1.807) is 0 Å². The lowest BCUT2D eigenvalue weighted by Gasteiger charge is -2.22. The Kier molecular flexibility index (Phi) is 3.81. The fourth-order valence-corrected chi connectivity index (χ4v) is 1.15. The SMILES string of the molecule is C[N-]C(C)CCc1ccccc1. The zero-order valence-corrected chi connectivity index (χ0v) is 7.83. The van der Waals surface area contributed by atoms with Crippen LogP contribution in [0.1, 0.15) is 18.9 Å². The summed E-state index contributed by atoms with van der Waals surface area (Å²) in [5.74, 6) is 0. The van der Waals surface area contributed by atoms with Crippen LogP contribution in [0.5, 0.6) is 0 Å². The second kappa shape index (κ2) is 4.94. The molecular weight excluding hydrogens is 146 g/mol. The molecule has 0 aliphatic heterocycles. The van der Waals surface area contributed by atoms with Crippen molar-refractivity contribution in [3.63, 3.8) is 0 Å². The van der Waals surface area contributed by atoms with Gasteiger partial charge >= 0.3 is 0 Å². The normalized spacial score (nSPS) is 12.8. The van der Waals surface area contributed by atoms with Crippen molar-refractivity contribution in [3.8, 4) is 0 Å². The highest BCUT2D eigenvalue weighted by atomic mass is 14.8. The second-order valence-electron chi connectivity index (χ2n) is 3.13. The van der Waals surface area contributed by atoms with Gasteiger partial charge in [0.15, 0.2) is 0 Å². The van der Waals surface area contributed by atoms with E-state index in [0.717, 1.165) is 12.8 Å². The van der Waals surface area contributed by atoms with Crippen LogP contribution in [0.4, 0.5) is 0 Å². The maximum atomic E-state index is 4.20. The first-order valence-electron chi connectivity index (χ1n) is 4.46. The van der Waals surface area contributed by atoms with Crippen LogP contribution in [-0.4, -0.2) is 13.1 Å². The van der Waals surface area contributed by atoms with Gasteiger partial charge in [0, 0.05) is 0 Å². The van der Waals surface area contributed by atoms with Crippen LogP contribution in [0, 0.1) is 0 Å². The Hall–Kier alpha value is -0.820. The number of rotatable bonds is 4. The minimum absolute atomic E-state index is 0.491. The maximum Gasteiger partial charge on any atom is -0.0293 e. The van der Waals surface area contributed by atoms with E-state index in [4.69, 9.17) is 0 Å². The van der Waals surface area contributed by atoms with Crippen LogP contribution in [0.3, 0.4) is 0 Å². The molecule has 0 saturated heterocycles. The summed E-state index contributed by atoms with van der Waals surface area (Å²) in [4.78, 5) is 0. The highest BCUT2D eigenvalue weighted by Gasteiger charge is 1.91. The molecule has 1 atom stereocenters. The Balaban J connectivity index is 2.33. The fourth-order valence-electron chi connectivity index (χ4n) is 1.15. The van der Waals surface area contributed by atoms with Gasteiger partial charge in [0.2, 0.25) is 0 Å². The van der Waals surface area contributed by atoms with E-state index in [-0.39, 0.29) is 0 Å². The van der Waals surface area contributed by atoms with Crippen LogP contribution in [0.25, 0.3) is 5.32 Å². The minimum Gasteiger partial charge on any atom is -0.662 e. The second-order valence-corrected chi connectivity index (χ2v) is 3.13. The highest BCUT2D eigenvalue weighted by Crippen LogP contribution is 2.08. The van der Waals surface area contributed by atoms with E-state index in [2.05, 4.69) is 42.6 Å². The molecule has 1 aromatic carbocycles. The molecule has 1 rings (SSSR count).